The van der Waals surface area contributed by atoms with Crippen LogP contribution in [0.4, 0.5) is 0 Å². The summed E-state index contributed by atoms with van der Waals surface area (Å²) in [5.41, 5.74) is 3.97. The topological polar surface area (TPSA) is 39.7 Å². The lowest BCUT2D eigenvalue weighted by Gasteiger charge is -2.35. The molecule has 0 amide bonds. The van der Waals surface area contributed by atoms with Crippen LogP contribution in [0, 0.1) is 5.41 Å². The second kappa shape index (κ2) is 6.37. The minimum atomic E-state index is 0.00482. The Morgan fingerprint density at radius 2 is 2.24 bits per heavy atom. The minimum Gasteiger partial charge on any atom is -0.388 e. The number of hydrogen-bond acceptors (Lipinski definition) is 3. The van der Waals surface area contributed by atoms with E-state index in [9.17, 15) is 0 Å². The lowest BCUT2D eigenvalue weighted by molar-refractivity contribution is 0.386. The van der Waals surface area contributed by atoms with Crippen LogP contribution >= 0.6 is 0 Å². The van der Waals surface area contributed by atoms with Gasteiger partial charge in [-0.2, -0.15) is 0 Å². The molecule has 4 heteroatoms. The summed E-state index contributed by atoms with van der Waals surface area (Å²) in [5, 5.41) is 6.96. The van der Waals surface area contributed by atoms with E-state index < -0.39 is 0 Å². The number of nitrogens with zero attached hydrogens (tertiary/aromatic N) is 2. The molecule has 4 nitrogen and oxygen atoms in total. The molecule has 2 rings (SSSR count). The summed E-state index contributed by atoms with van der Waals surface area (Å²) in [7, 11) is 4.00. The average molecular weight is 288 g/mol. The van der Waals surface area contributed by atoms with E-state index >= 15 is 0 Å². The molecule has 0 fully saturated rings. The van der Waals surface area contributed by atoms with Gasteiger partial charge in [-0.05, 0) is 19.4 Å². The van der Waals surface area contributed by atoms with Crippen LogP contribution in [0.5, 0.6) is 0 Å². The Kier molecular flexibility index (Phi) is 4.76. The van der Waals surface area contributed by atoms with Crippen LogP contribution in [-0.4, -0.2) is 38.0 Å². The van der Waals surface area contributed by atoms with E-state index in [0.29, 0.717) is 0 Å². The minimum absolute atomic E-state index is 0.00482. The van der Waals surface area contributed by atoms with Crippen LogP contribution in [0.2, 0.25) is 0 Å². The molecule has 21 heavy (non-hydrogen) atoms. The molecule has 1 aliphatic heterocycles. The van der Waals surface area contributed by atoms with Gasteiger partial charge >= 0.3 is 0 Å². The zero-order chi connectivity index (χ0) is 15.5. The fourth-order valence-electron chi connectivity index (χ4n) is 3.02. The highest BCUT2D eigenvalue weighted by Gasteiger charge is 2.27. The van der Waals surface area contributed by atoms with Crippen molar-refractivity contribution in [2.75, 3.05) is 27.3 Å². The van der Waals surface area contributed by atoms with Crippen molar-refractivity contribution >= 4 is 5.84 Å². The molecule has 1 aliphatic carbocycles. The summed E-state index contributed by atoms with van der Waals surface area (Å²) >= 11 is 0. The van der Waals surface area contributed by atoms with Crippen LogP contribution < -0.4 is 10.6 Å². The molecule has 116 valence electrons. The monoisotopic (exact) mass is 288 g/mol. The van der Waals surface area contributed by atoms with Crippen molar-refractivity contribution < 1.29 is 0 Å². The number of hydrogen-bond donors (Lipinski definition) is 2. The van der Waals surface area contributed by atoms with Gasteiger partial charge < -0.3 is 15.5 Å². The first-order valence-corrected chi connectivity index (χ1v) is 7.74. The number of amidine groups is 1. The van der Waals surface area contributed by atoms with Crippen molar-refractivity contribution in [3.05, 3.63) is 35.2 Å². The predicted molar refractivity (Wildman–Crippen MR) is 90.1 cm³/mol. The van der Waals surface area contributed by atoms with Gasteiger partial charge in [-0.15, -0.1) is 0 Å². The maximum absolute atomic E-state index is 4.38. The molecule has 2 aliphatic rings. The van der Waals surface area contributed by atoms with Crippen molar-refractivity contribution in [3.8, 4) is 0 Å². The summed E-state index contributed by atoms with van der Waals surface area (Å²) in [5.74, 6) is 1.07. The molecule has 0 saturated carbocycles. The molecular weight excluding hydrogens is 260 g/mol. The van der Waals surface area contributed by atoms with E-state index in [1.165, 1.54) is 17.0 Å². The van der Waals surface area contributed by atoms with Crippen molar-refractivity contribution in [3.63, 3.8) is 0 Å². The highest BCUT2D eigenvalue weighted by Crippen LogP contribution is 2.34. The zero-order valence-corrected chi connectivity index (χ0v) is 14.0. The smallest absolute Gasteiger partial charge is 0.0985 e. The zero-order valence-electron chi connectivity index (χ0n) is 14.0. The summed E-state index contributed by atoms with van der Waals surface area (Å²) in [6, 6.07) is 0. The van der Waals surface area contributed by atoms with Crippen molar-refractivity contribution in [2.24, 2.45) is 10.4 Å². The van der Waals surface area contributed by atoms with E-state index in [1.54, 1.807) is 0 Å². The van der Waals surface area contributed by atoms with Crippen LogP contribution in [0.15, 0.2) is 40.2 Å². The van der Waals surface area contributed by atoms with Gasteiger partial charge in [-0.1, -0.05) is 25.2 Å². The molecule has 0 radical (unpaired) electrons. The van der Waals surface area contributed by atoms with Gasteiger partial charge in [0.15, 0.2) is 0 Å². The first-order chi connectivity index (χ1) is 9.99. The molecule has 2 N–H and O–H groups in total. The predicted octanol–water partition coefficient (Wildman–Crippen LogP) is 2.63. The Labute approximate surface area is 128 Å². The SMILES string of the molecule is CCN/C1=C(\C)C2=CC(C)(/C=C\C1)CC(=NC)NCN2C. The lowest BCUT2D eigenvalue weighted by atomic mass is 9.81. The maximum Gasteiger partial charge on any atom is 0.0985 e. The largest absolute Gasteiger partial charge is 0.388 e. The Morgan fingerprint density at radius 1 is 1.48 bits per heavy atom. The fourth-order valence-corrected chi connectivity index (χ4v) is 3.02. The molecule has 0 aromatic carbocycles. The summed E-state index contributed by atoms with van der Waals surface area (Å²) in [6.07, 6.45) is 8.88. The van der Waals surface area contributed by atoms with E-state index in [1.807, 2.05) is 7.05 Å². The standard InChI is InChI=1S/C17H28N4/c1-6-19-14-8-7-9-17(3)10-15(13(14)2)21(5)12-20-16(11-17)18-4/h7,9-10,19H,6,8,11-12H2,1-5H3,(H,18,20)/b9-7-,14-13+,15-10?. The number of aliphatic imine (C=N–C) groups is 1. The average Bonchev–Trinajstić information content (AvgIpc) is 2.45. The summed E-state index contributed by atoms with van der Waals surface area (Å²) < 4.78 is 0. The quantitative estimate of drug-likeness (QED) is 0.767. The van der Waals surface area contributed by atoms with Gasteiger partial charge in [0.2, 0.25) is 0 Å². The Morgan fingerprint density at radius 3 is 2.90 bits per heavy atom. The number of likely N-dealkylation sites (N-methyl/N-ethyl adjacent to an activating group) is 1. The van der Waals surface area contributed by atoms with Crippen molar-refractivity contribution in [1.29, 1.82) is 0 Å². The Balaban J connectivity index is 2.50. The highest BCUT2D eigenvalue weighted by atomic mass is 15.2. The van der Waals surface area contributed by atoms with Gasteiger partial charge in [0, 0.05) is 50.3 Å². The van der Waals surface area contributed by atoms with E-state index in [-0.39, 0.29) is 5.41 Å². The number of nitrogens with one attached hydrogen (secondary N) is 2. The number of fused-ring (bicyclic) bond motifs is 1. The maximum atomic E-state index is 4.38. The van der Waals surface area contributed by atoms with Crippen LogP contribution in [0.3, 0.4) is 0 Å². The highest BCUT2D eigenvalue weighted by molar-refractivity contribution is 5.83. The molecule has 0 saturated heterocycles. The second-order valence-electron chi connectivity index (χ2n) is 6.16. The fraction of sp³-hybridized carbons (Fsp3) is 0.588. The summed E-state index contributed by atoms with van der Waals surface area (Å²) in [4.78, 5) is 6.66. The molecule has 1 unspecified atom stereocenters. The van der Waals surface area contributed by atoms with Crippen LogP contribution in [0.25, 0.3) is 0 Å². The third kappa shape index (κ3) is 3.49. The number of rotatable bonds is 2. The van der Waals surface area contributed by atoms with Crippen LogP contribution in [0.1, 0.15) is 33.6 Å². The molecular formula is C17H28N4. The summed E-state index contributed by atoms with van der Waals surface area (Å²) in [6.45, 7) is 8.39. The van der Waals surface area contributed by atoms with E-state index in [2.05, 4.69) is 66.6 Å². The van der Waals surface area contributed by atoms with E-state index in [0.717, 1.165) is 31.9 Å². The van der Waals surface area contributed by atoms with Crippen molar-refractivity contribution in [2.45, 2.75) is 33.6 Å². The van der Waals surface area contributed by atoms with Gasteiger partial charge in [0.05, 0.1) is 12.5 Å². The Hall–Kier alpha value is -1.71. The first-order valence-electron chi connectivity index (χ1n) is 7.74. The molecule has 0 aromatic rings. The lowest BCUT2D eigenvalue weighted by Crippen LogP contribution is -2.40. The first kappa shape index (κ1) is 15.7. The van der Waals surface area contributed by atoms with Gasteiger partial charge in [-0.3, -0.25) is 4.99 Å². The second-order valence-corrected chi connectivity index (χ2v) is 6.16. The van der Waals surface area contributed by atoms with Gasteiger partial charge in [-0.25, -0.2) is 0 Å². The molecule has 0 aromatic heterocycles. The number of allylic oxidation sites excluding steroid dienone is 4. The molecule has 2 bridgehead atoms. The Bertz CT molecular complexity index is 513. The van der Waals surface area contributed by atoms with Gasteiger partial charge in [0.1, 0.15) is 0 Å². The third-order valence-electron chi connectivity index (χ3n) is 4.26. The van der Waals surface area contributed by atoms with Crippen molar-refractivity contribution in [1.82, 2.24) is 15.5 Å². The van der Waals surface area contributed by atoms with Crippen LogP contribution in [-0.2, 0) is 0 Å². The molecule has 1 heterocycles. The van der Waals surface area contributed by atoms with Gasteiger partial charge in [0.25, 0.3) is 0 Å². The molecule has 0 spiro atoms. The molecule has 1 atom stereocenters. The third-order valence-corrected chi connectivity index (χ3v) is 4.26. The van der Waals surface area contributed by atoms with E-state index in [4.69, 9.17) is 0 Å². The normalized spacial score (nSPS) is 33.3.